The van der Waals surface area contributed by atoms with E-state index in [0.717, 1.165) is 29.4 Å². The van der Waals surface area contributed by atoms with E-state index in [0.29, 0.717) is 24.8 Å². The number of carbonyl (C=O) groups is 1. The molecule has 0 unspecified atom stereocenters. The van der Waals surface area contributed by atoms with Crippen molar-refractivity contribution in [3.05, 3.63) is 41.8 Å². The van der Waals surface area contributed by atoms with Crippen molar-refractivity contribution in [1.82, 2.24) is 30.0 Å². The van der Waals surface area contributed by atoms with Crippen LogP contribution in [-0.4, -0.2) is 37.3 Å². The number of hydrogen-bond acceptors (Lipinski definition) is 6. The lowest BCUT2D eigenvalue weighted by Gasteiger charge is -2.14. The molecule has 3 heterocycles. The highest BCUT2D eigenvalue weighted by Crippen LogP contribution is 2.31. The highest BCUT2D eigenvalue weighted by Gasteiger charge is 2.20. The number of amides is 2. The maximum Gasteiger partial charge on any atom is 0.320 e. The van der Waals surface area contributed by atoms with Crippen LogP contribution < -0.4 is 10.6 Å². The van der Waals surface area contributed by atoms with Crippen molar-refractivity contribution in [3.63, 3.8) is 0 Å². The Balaban J connectivity index is 1.27. The first-order valence-corrected chi connectivity index (χ1v) is 9.98. The fourth-order valence-corrected chi connectivity index (χ4v) is 4.05. The van der Waals surface area contributed by atoms with E-state index in [4.69, 9.17) is 0 Å². The van der Waals surface area contributed by atoms with Gasteiger partial charge in [0.1, 0.15) is 5.82 Å². The summed E-state index contributed by atoms with van der Waals surface area (Å²) < 4.78 is 1.93. The number of rotatable bonds is 6. The van der Waals surface area contributed by atoms with Gasteiger partial charge in [-0.3, -0.25) is 5.32 Å². The molecule has 3 aromatic rings. The molecule has 1 aliphatic rings. The van der Waals surface area contributed by atoms with Gasteiger partial charge < -0.3 is 5.32 Å². The number of aromatic nitrogens is 5. The van der Waals surface area contributed by atoms with Crippen LogP contribution in [0.2, 0.25) is 0 Å². The molecule has 8 nitrogen and oxygen atoms in total. The number of hydrogen-bond donors (Lipinski definition) is 2. The number of nitrogens with one attached hydrogen (secondary N) is 2. The maximum absolute atomic E-state index is 12.2. The molecule has 4 rings (SSSR count). The van der Waals surface area contributed by atoms with Gasteiger partial charge in [0.05, 0.1) is 17.9 Å². The monoisotopic (exact) mass is 383 g/mol. The summed E-state index contributed by atoms with van der Waals surface area (Å²) in [6.45, 7) is 0.502. The largest absolute Gasteiger partial charge is 0.337 e. The van der Waals surface area contributed by atoms with Crippen LogP contribution in [0.1, 0.15) is 37.4 Å². The summed E-state index contributed by atoms with van der Waals surface area (Å²) in [7, 11) is 0. The topological polar surface area (TPSA) is 97.6 Å². The fourth-order valence-electron chi connectivity index (χ4n) is 3.25. The van der Waals surface area contributed by atoms with Crippen LogP contribution in [0.25, 0.3) is 10.8 Å². The predicted octanol–water partition coefficient (Wildman–Crippen LogP) is 3.28. The fraction of sp³-hybridized carbons (Fsp3) is 0.389. The summed E-state index contributed by atoms with van der Waals surface area (Å²) in [5.74, 6) is 1.37. The molecule has 9 heteroatoms. The molecule has 1 aliphatic carbocycles. The van der Waals surface area contributed by atoms with Gasteiger partial charge >= 0.3 is 6.03 Å². The van der Waals surface area contributed by atoms with E-state index in [9.17, 15) is 4.79 Å². The Morgan fingerprint density at radius 2 is 2.04 bits per heavy atom. The lowest BCUT2D eigenvalue weighted by molar-refractivity contribution is 0.252. The lowest BCUT2D eigenvalue weighted by Crippen LogP contribution is -2.31. The van der Waals surface area contributed by atoms with Gasteiger partial charge in [0.25, 0.3) is 0 Å². The molecule has 1 fully saturated rings. The normalized spacial score (nSPS) is 14.4. The first-order valence-electron chi connectivity index (χ1n) is 9.10. The third-order valence-corrected chi connectivity index (χ3v) is 5.45. The minimum atomic E-state index is -0.225. The first-order chi connectivity index (χ1) is 13.3. The number of urea groups is 1. The van der Waals surface area contributed by atoms with Crippen LogP contribution in [0.15, 0.2) is 36.1 Å². The number of nitrogens with zero attached hydrogens (tertiary/aromatic N) is 5. The summed E-state index contributed by atoms with van der Waals surface area (Å²) in [4.78, 5) is 25.1. The molecule has 27 heavy (non-hydrogen) atoms. The van der Waals surface area contributed by atoms with Crippen molar-refractivity contribution in [2.75, 3.05) is 11.9 Å². The molecule has 3 aromatic heterocycles. The second-order valence-corrected chi connectivity index (χ2v) is 7.30. The van der Waals surface area contributed by atoms with Crippen LogP contribution >= 0.6 is 11.3 Å². The minimum Gasteiger partial charge on any atom is -0.337 e. The summed E-state index contributed by atoms with van der Waals surface area (Å²) in [6.07, 6.45) is 10.5. The van der Waals surface area contributed by atoms with Crippen LogP contribution in [-0.2, 0) is 6.42 Å². The first kappa shape index (κ1) is 17.6. The Kier molecular flexibility index (Phi) is 5.38. The van der Waals surface area contributed by atoms with Crippen LogP contribution in [0.4, 0.5) is 10.6 Å². The van der Waals surface area contributed by atoms with Gasteiger partial charge in [-0.15, -0.1) is 11.3 Å². The van der Waals surface area contributed by atoms with E-state index in [2.05, 4.69) is 30.7 Å². The summed E-state index contributed by atoms with van der Waals surface area (Å²) in [5.41, 5.74) is 0.916. The van der Waals surface area contributed by atoms with Crippen molar-refractivity contribution in [2.24, 2.45) is 0 Å². The van der Waals surface area contributed by atoms with Crippen molar-refractivity contribution >= 4 is 23.2 Å². The highest BCUT2D eigenvalue weighted by molar-refractivity contribution is 7.13. The van der Waals surface area contributed by atoms with E-state index < -0.39 is 0 Å². The Labute approximate surface area is 161 Å². The molecule has 1 saturated carbocycles. The van der Waals surface area contributed by atoms with Gasteiger partial charge in [0.2, 0.25) is 0 Å². The Morgan fingerprint density at radius 1 is 1.22 bits per heavy atom. The molecule has 0 saturated heterocycles. The van der Waals surface area contributed by atoms with Gasteiger partial charge in [-0.2, -0.15) is 5.10 Å². The quantitative estimate of drug-likeness (QED) is 0.681. The van der Waals surface area contributed by atoms with Crippen LogP contribution in [0.3, 0.4) is 0 Å². The van der Waals surface area contributed by atoms with Crippen molar-refractivity contribution in [2.45, 2.75) is 38.1 Å². The smallest absolute Gasteiger partial charge is 0.320 e. The van der Waals surface area contributed by atoms with Crippen molar-refractivity contribution < 1.29 is 4.79 Å². The molecule has 140 valence electrons. The van der Waals surface area contributed by atoms with E-state index in [1.807, 2.05) is 16.1 Å². The minimum absolute atomic E-state index is 0.225. The van der Waals surface area contributed by atoms with Crippen LogP contribution in [0.5, 0.6) is 0 Å². The van der Waals surface area contributed by atoms with E-state index in [-0.39, 0.29) is 6.03 Å². The van der Waals surface area contributed by atoms with Gasteiger partial charge in [0.15, 0.2) is 10.8 Å². The molecule has 0 radical (unpaired) electrons. The SMILES string of the molecule is O=C(NCCc1csc(-c2ncccn2)n1)Nc1ccnn1C1CCCC1. The zero-order chi connectivity index (χ0) is 18.5. The molecule has 0 atom stereocenters. The summed E-state index contributed by atoms with van der Waals surface area (Å²) in [6, 6.07) is 3.78. The maximum atomic E-state index is 12.2. The molecule has 0 aromatic carbocycles. The van der Waals surface area contributed by atoms with Crippen LogP contribution in [0, 0.1) is 0 Å². The third-order valence-electron chi connectivity index (χ3n) is 4.56. The van der Waals surface area contributed by atoms with Gasteiger partial charge in [-0.25, -0.2) is 24.4 Å². The molecule has 0 aliphatic heterocycles. The molecule has 2 N–H and O–H groups in total. The number of anilines is 1. The second kappa shape index (κ2) is 8.26. The Bertz CT molecular complexity index is 886. The zero-order valence-electron chi connectivity index (χ0n) is 14.8. The number of thiazole rings is 1. The van der Waals surface area contributed by atoms with E-state index in [1.54, 1.807) is 24.7 Å². The average molecular weight is 383 g/mol. The Hall–Kier alpha value is -2.81. The molecule has 0 bridgehead atoms. The van der Waals surface area contributed by atoms with Gasteiger partial charge in [-0.05, 0) is 18.9 Å². The average Bonchev–Trinajstić information content (AvgIpc) is 3.44. The molecule has 0 spiro atoms. The van der Waals surface area contributed by atoms with Crippen molar-refractivity contribution in [3.8, 4) is 10.8 Å². The van der Waals surface area contributed by atoms with E-state index in [1.165, 1.54) is 24.2 Å². The standard InChI is InChI=1S/C18H21N7OS/c26-18(24-15-7-11-22-25(15)14-4-1-2-5-14)21-10-6-13-12-27-17(23-13)16-19-8-3-9-20-16/h3,7-9,11-12,14H,1-2,4-6,10H2,(H2,21,24,26). The van der Waals surface area contributed by atoms with Gasteiger partial charge in [-0.1, -0.05) is 12.8 Å². The highest BCUT2D eigenvalue weighted by atomic mass is 32.1. The molecule has 2 amide bonds. The zero-order valence-corrected chi connectivity index (χ0v) is 15.7. The van der Waals surface area contributed by atoms with Gasteiger partial charge in [0, 0.05) is 36.8 Å². The van der Waals surface area contributed by atoms with E-state index >= 15 is 0 Å². The van der Waals surface area contributed by atoms with Crippen molar-refractivity contribution in [1.29, 1.82) is 0 Å². The third kappa shape index (κ3) is 4.30. The molecular formula is C18H21N7OS. The molecular weight excluding hydrogens is 362 g/mol. The number of carbonyl (C=O) groups excluding carboxylic acids is 1. The summed E-state index contributed by atoms with van der Waals surface area (Å²) in [5, 5.41) is 12.9. The predicted molar refractivity (Wildman–Crippen MR) is 104 cm³/mol. The summed E-state index contributed by atoms with van der Waals surface area (Å²) >= 11 is 1.51. The Morgan fingerprint density at radius 3 is 2.85 bits per heavy atom. The second-order valence-electron chi connectivity index (χ2n) is 6.45. The lowest BCUT2D eigenvalue weighted by atomic mass is 10.2.